The second kappa shape index (κ2) is 9.95. The Hall–Kier alpha value is -1.79. The highest BCUT2D eigenvalue weighted by Crippen LogP contribution is 2.32. The van der Waals surface area contributed by atoms with E-state index in [1.807, 2.05) is 26.2 Å². The molecule has 1 atom stereocenters. The van der Waals surface area contributed by atoms with Crippen molar-refractivity contribution in [3.05, 3.63) is 41.5 Å². The summed E-state index contributed by atoms with van der Waals surface area (Å²) in [5.41, 5.74) is 3.88. The fourth-order valence-corrected chi connectivity index (χ4v) is 4.24. The molecule has 0 amide bonds. The number of nitrogens with one attached hydrogen (secondary N) is 1. The van der Waals surface area contributed by atoms with Crippen molar-refractivity contribution < 1.29 is 0 Å². The number of nitrogens with zero attached hydrogens (tertiary/aromatic N) is 5. The molecule has 2 aromatic heterocycles. The Morgan fingerprint density at radius 1 is 1.22 bits per heavy atom. The second-order valence-electron chi connectivity index (χ2n) is 7.47. The number of hydrogen-bond donors (Lipinski definition) is 1. The zero-order valence-electron chi connectivity index (χ0n) is 17.1. The van der Waals surface area contributed by atoms with E-state index in [4.69, 9.17) is 0 Å². The summed E-state index contributed by atoms with van der Waals surface area (Å²) in [4.78, 5) is 7.10. The van der Waals surface area contributed by atoms with E-state index in [9.17, 15) is 0 Å². The maximum absolute atomic E-state index is 4.68. The minimum absolute atomic E-state index is 0.396. The fraction of sp³-hybridized carbons (Fsp3) is 0.667. The van der Waals surface area contributed by atoms with Crippen LogP contribution in [0.2, 0.25) is 0 Å². The van der Waals surface area contributed by atoms with Gasteiger partial charge in [-0.05, 0) is 69.8 Å². The summed E-state index contributed by atoms with van der Waals surface area (Å²) in [7, 11) is 2.20. The fourth-order valence-electron chi connectivity index (χ4n) is 4.24. The van der Waals surface area contributed by atoms with Gasteiger partial charge in [-0.3, -0.25) is 9.88 Å². The molecule has 148 valence electrons. The minimum atomic E-state index is 0.396. The van der Waals surface area contributed by atoms with Gasteiger partial charge in [0.1, 0.15) is 0 Å². The van der Waals surface area contributed by atoms with Crippen LogP contribution in [0.25, 0.3) is 0 Å². The first-order valence-corrected chi connectivity index (χ1v) is 10.5. The molecule has 4 rings (SSSR count). The van der Waals surface area contributed by atoms with Crippen molar-refractivity contribution in [2.45, 2.75) is 65.1 Å². The summed E-state index contributed by atoms with van der Waals surface area (Å²) < 4.78 is 2.12. The molecule has 1 fully saturated rings. The lowest BCUT2D eigenvalue weighted by molar-refractivity contribution is 0.200. The van der Waals surface area contributed by atoms with Crippen LogP contribution in [-0.4, -0.2) is 45.0 Å². The van der Waals surface area contributed by atoms with Gasteiger partial charge in [0.2, 0.25) is 0 Å². The zero-order valence-corrected chi connectivity index (χ0v) is 17.1. The van der Waals surface area contributed by atoms with Crippen LogP contribution in [0.1, 0.15) is 62.5 Å². The number of piperidine rings is 1. The van der Waals surface area contributed by atoms with Crippen molar-refractivity contribution in [1.29, 1.82) is 0 Å². The normalized spacial score (nSPS) is 20.1. The van der Waals surface area contributed by atoms with Crippen molar-refractivity contribution in [3.63, 3.8) is 0 Å². The summed E-state index contributed by atoms with van der Waals surface area (Å²) >= 11 is 0. The molecule has 0 saturated carbocycles. The van der Waals surface area contributed by atoms with Crippen molar-refractivity contribution in [3.8, 4) is 0 Å². The Morgan fingerprint density at radius 2 is 2.04 bits per heavy atom. The highest BCUT2D eigenvalue weighted by molar-refractivity contribution is 5.25. The van der Waals surface area contributed by atoms with Gasteiger partial charge in [-0.1, -0.05) is 25.1 Å². The first kappa shape index (κ1) is 20.0. The lowest BCUT2D eigenvalue weighted by atomic mass is 9.91. The topological polar surface area (TPSA) is 58.9 Å². The first-order valence-electron chi connectivity index (χ1n) is 10.5. The van der Waals surface area contributed by atoms with Gasteiger partial charge >= 0.3 is 0 Å². The largest absolute Gasteiger partial charge is 0.317 e. The standard InChI is InChI=1S/C19H28N6.C2H6/c1-24(18-6-2-4-16-5-3-9-21-19(16)18)14-17-12-22-23-25(17)13-15-7-10-20-11-8-15;1-2/h3,5,9,12,15,18,20H,2,4,6-8,10-11,13-14H2,1H3;1-2H3. The maximum atomic E-state index is 4.68. The molecule has 0 bridgehead atoms. The van der Waals surface area contributed by atoms with Crippen LogP contribution in [0.3, 0.4) is 0 Å². The monoisotopic (exact) mass is 370 g/mol. The molecular weight excluding hydrogens is 336 g/mol. The Labute approximate surface area is 163 Å². The van der Waals surface area contributed by atoms with Gasteiger partial charge in [0.15, 0.2) is 0 Å². The molecule has 6 heteroatoms. The number of aromatic nitrogens is 4. The quantitative estimate of drug-likeness (QED) is 0.876. The van der Waals surface area contributed by atoms with Gasteiger partial charge in [-0.25, -0.2) is 4.68 Å². The van der Waals surface area contributed by atoms with Crippen molar-refractivity contribution in [2.24, 2.45) is 5.92 Å². The molecule has 6 nitrogen and oxygen atoms in total. The summed E-state index contributed by atoms with van der Waals surface area (Å²) in [6.45, 7) is 8.11. The molecule has 0 radical (unpaired) electrons. The third-order valence-corrected chi connectivity index (χ3v) is 5.70. The van der Waals surface area contributed by atoms with E-state index in [-0.39, 0.29) is 0 Å². The number of hydrogen-bond acceptors (Lipinski definition) is 5. The van der Waals surface area contributed by atoms with Crippen LogP contribution in [0.15, 0.2) is 24.5 Å². The smallest absolute Gasteiger partial charge is 0.0738 e. The van der Waals surface area contributed by atoms with Gasteiger partial charge in [0, 0.05) is 19.3 Å². The Bertz CT molecular complexity index is 691. The van der Waals surface area contributed by atoms with Crippen LogP contribution in [0.5, 0.6) is 0 Å². The van der Waals surface area contributed by atoms with Gasteiger partial charge in [0.05, 0.1) is 23.6 Å². The molecule has 1 unspecified atom stereocenters. The molecule has 1 aliphatic heterocycles. The Balaban J connectivity index is 0.00000102. The minimum Gasteiger partial charge on any atom is -0.317 e. The predicted molar refractivity (Wildman–Crippen MR) is 108 cm³/mol. The zero-order chi connectivity index (χ0) is 19.1. The molecule has 0 spiro atoms. The van der Waals surface area contributed by atoms with E-state index in [0.717, 1.165) is 32.6 Å². The summed E-state index contributed by atoms with van der Waals surface area (Å²) in [6.07, 6.45) is 9.89. The van der Waals surface area contributed by atoms with E-state index in [1.165, 1.54) is 42.6 Å². The van der Waals surface area contributed by atoms with Crippen LogP contribution >= 0.6 is 0 Å². The van der Waals surface area contributed by atoms with Crippen LogP contribution in [0, 0.1) is 5.92 Å². The average Bonchev–Trinajstić information content (AvgIpc) is 3.16. The average molecular weight is 371 g/mol. The molecule has 3 heterocycles. The number of rotatable bonds is 5. The summed E-state index contributed by atoms with van der Waals surface area (Å²) in [6, 6.07) is 4.68. The SMILES string of the molecule is CC.CN(Cc1cnnn1CC1CCNCC1)C1CCCc2cccnc21. The van der Waals surface area contributed by atoms with Gasteiger partial charge in [-0.15, -0.1) is 5.10 Å². The van der Waals surface area contributed by atoms with E-state index < -0.39 is 0 Å². The maximum Gasteiger partial charge on any atom is 0.0738 e. The van der Waals surface area contributed by atoms with Crippen molar-refractivity contribution in [2.75, 3.05) is 20.1 Å². The highest BCUT2D eigenvalue weighted by Gasteiger charge is 2.26. The molecule has 0 aromatic carbocycles. The van der Waals surface area contributed by atoms with Gasteiger partial charge in [-0.2, -0.15) is 0 Å². The summed E-state index contributed by atoms with van der Waals surface area (Å²) in [5.74, 6) is 0.712. The third-order valence-electron chi connectivity index (χ3n) is 5.70. The van der Waals surface area contributed by atoms with E-state index in [1.54, 1.807) is 0 Å². The lowest BCUT2D eigenvalue weighted by Crippen LogP contribution is -2.32. The van der Waals surface area contributed by atoms with E-state index in [2.05, 4.69) is 49.4 Å². The van der Waals surface area contributed by atoms with Crippen molar-refractivity contribution >= 4 is 0 Å². The molecule has 2 aliphatic rings. The number of fused-ring (bicyclic) bond motifs is 1. The predicted octanol–water partition coefficient (Wildman–Crippen LogP) is 3.21. The summed E-state index contributed by atoms with van der Waals surface area (Å²) in [5, 5.41) is 12.0. The van der Waals surface area contributed by atoms with Gasteiger partial charge < -0.3 is 5.32 Å². The molecule has 2 aromatic rings. The molecule has 1 aliphatic carbocycles. The molecule has 1 N–H and O–H groups in total. The molecular formula is C21H34N6. The Kier molecular flexibility index (Phi) is 7.35. The number of pyridine rings is 1. The van der Waals surface area contributed by atoms with Crippen LogP contribution in [-0.2, 0) is 19.5 Å². The number of aryl methyl sites for hydroxylation is 1. The Morgan fingerprint density at radius 3 is 2.85 bits per heavy atom. The highest BCUT2D eigenvalue weighted by atomic mass is 15.4. The van der Waals surface area contributed by atoms with Crippen molar-refractivity contribution in [1.82, 2.24) is 30.2 Å². The van der Waals surface area contributed by atoms with Gasteiger partial charge in [0.25, 0.3) is 0 Å². The van der Waals surface area contributed by atoms with Crippen LogP contribution in [0.4, 0.5) is 0 Å². The molecule has 27 heavy (non-hydrogen) atoms. The lowest BCUT2D eigenvalue weighted by Gasteiger charge is -2.32. The van der Waals surface area contributed by atoms with E-state index >= 15 is 0 Å². The second-order valence-corrected chi connectivity index (χ2v) is 7.47. The molecule has 1 saturated heterocycles. The first-order chi connectivity index (χ1) is 13.3. The third kappa shape index (κ3) is 4.93. The van der Waals surface area contributed by atoms with E-state index in [0.29, 0.717) is 12.0 Å². The van der Waals surface area contributed by atoms with Crippen LogP contribution < -0.4 is 5.32 Å².